The number of carbonyl (C=O) groups is 1. The Kier molecular flexibility index (Phi) is 8.40. The molecule has 1 rings (SSSR count). The van der Waals surface area contributed by atoms with Crippen LogP contribution in [0, 0.1) is 0 Å². The minimum atomic E-state index is 0.291. The Bertz CT molecular complexity index is 404. The molecule has 0 spiro atoms. The van der Waals surface area contributed by atoms with Crippen LogP contribution in [0.15, 0.2) is 22.7 Å². The Morgan fingerprint density at radius 3 is 2.53 bits per heavy atom. The maximum absolute atomic E-state index is 11.9. The van der Waals surface area contributed by atoms with Crippen LogP contribution in [0.3, 0.4) is 0 Å². The SMILES string of the molecule is CCCCCCCCC(=O)Cc1ccc(Br)cc1Cl. The highest BCUT2D eigenvalue weighted by Crippen LogP contribution is 2.22. The van der Waals surface area contributed by atoms with E-state index in [0.717, 1.165) is 16.5 Å². The molecule has 106 valence electrons. The standard InChI is InChI=1S/C16H22BrClO/c1-2-3-4-5-6-7-8-15(19)11-13-9-10-14(17)12-16(13)18/h9-10,12H,2-8,11H2,1H3. The molecule has 3 heteroatoms. The Labute approximate surface area is 129 Å². The summed E-state index contributed by atoms with van der Waals surface area (Å²) in [6, 6.07) is 5.69. The van der Waals surface area contributed by atoms with Gasteiger partial charge in [-0.1, -0.05) is 72.6 Å². The molecule has 0 saturated heterocycles. The molecule has 0 aromatic heterocycles. The number of benzene rings is 1. The second kappa shape index (κ2) is 9.55. The van der Waals surface area contributed by atoms with Gasteiger partial charge in [-0.05, 0) is 24.1 Å². The third-order valence-corrected chi connectivity index (χ3v) is 4.06. The van der Waals surface area contributed by atoms with Crippen LogP contribution in [0.25, 0.3) is 0 Å². The lowest BCUT2D eigenvalue weighted by Gasteiger charge is -2.04. The topological polar surface area (TPSA) is 17.1 Å². The molecule has 1 aromatic rings. The summed E-state index contributed by atoms with van der Waals surface area (Å²) in [5, 5.41) is 0.672. The van der Waals surface area contributed by atoms with Gasteiger partial charge in [0.2, 0.25) is 0 Å². The minimum Gasteiger partial charge on any atom is -0.299 e. The van der Waals surface area contributed by atoms with Crippen molar-refractivity contribution in [3.8, 4) is 0 Å². The second-order valence-corrected chi connectivity index (χ2v) is 6.29. The van der Waals surface area contributed by atoms with Gasteiger partial charge in [0.05, 0.1) is 0 Å². The van der Waals surface area contributed by atoms with Crippen molar-refractivity contribution in [2.45, 2.75) is 58.3 Å². The van der Waals surface area contributed by atoms with E-state index in [4.69, 9.17) is 11.6 Å². The summed E-state index contributed by atoms with van der Waals surface area (Å²) >= 11 is 9.47. The molecule has 1 nitrogen and oxygen atoms in total. The smallest absolute Gasteiger partial charge is 0.137 e. The lowest BCUT2D eigenvalue weighted by Crippen LogP contribution is -2.03. The van der Waals surface area contributed by atoms with Crippen molar-refractivity contribution in [2.75, 3.05) is 0 Å². The molecule has 0 radical (unpaired) electrons. The van der Waals surface area contributed by atoms with Crippen LogP contribution in [-0.2, 0) is 11.2 Å². The number of unbranched alkanes of at least 4 members (excludes halogenated alkanes) is 5. The Morgan fingerprint density at radius 2 is 1.84 bits per heavy atom. The fourth-order valence-electron chi connectivity index (χ4n) is 2.07. The minimum absolute atomic E-state index is 0.291. The molecule has 0 heterocycles. The van der Waals surface area contributed by atoms with Gasteiger partial charge < -0.3 is 0 Å². The second-order valence-electron chi connectivity index (χ2n) is 4.97. The number of Topliss-reactive ketones (excluding diaryl/α,β-unsaturated/α-hetero) is 1. The largest absolute Gasteiger partial charge is 0.299 e. The Morgan fingerprint density at radius 1 is 1.16 bits per heavy atom. The Balaban J connectivity index is 2.23. The molecular weight excluding hydrogens is 324 g/mol. The average molecular weight is 346 g/mol. The summed E-state index contributed by atoms with van der Waals surface area (Å²) in [4.78, 5) is 11.9. The molecule has 0 amide bonds. The van der Waals surface area contributed by atoms with Crippen molar-refractivity contribution in [3.05, 3.63) is 33.3 Å². The van der Waals surface area contributed by atoms with E-state index in [-0.39, 0.29) is 0 Å². The van der Waals surface area contributed by atoms with E-state index in [9.17, 15) is 4.79 Å². The van der Waals surface area contributed by atoms with Crippen LogP contribution in [0.1, 0.15) is 57.4 Å². The highest BCUT2D eigenvalue weighted by atomic mass is 79.9. The predicted octanol–water partition coefficient (Wildman–Crippen LogP) is 5.96. The van der Waals surface area contributed by atoms with Gasteiger partial charge >= 0.3 is 0 Å². The van der Waals surface area contributed by atoms with Gasteiger partial charge in [0.25, 0.3) is 0 Å². The van der Waals surface area contributed by atoms with E-state index >= 15 is 0 Å². The van der Waals surface area contributed by atoms with Crippen LogP contribution in [0.2, 0.25) is 5.02 Å². The molecule has 1 aromatic carbocycles. The lowest BCUT2D eigenvalue weighted by atomic mass is 10.0. The zero-order valence-corrected chi connectivity index (χ0v) is 13.9. The monoisotopic (exact) mass is 344 g/mol. The summed E-state index contributed by atoms with van der Waals surface area (Å²) in [6.45, 7) is 2.21. The highest BCUT2D eigenvalue weighted by molar-refractivity contribution is 9.10. The molecular formula is C16H22BrClO. The zero-order chi connectivity index (χ0) is 14.1. The van der Waals surface area contributed by atoms with Gasteiger partial charge in [-0.25, -0.2) is 0 Å². The van der Waals surface area contributed by atoms with Gasteiger partial charge in [0.15, 0.2) is 0 Å². The molecule has 0 aliphatic rings. The summed E-state index contributed by atoms with van der Waals surface area (Å²) in [5.74, 6) is 0.291. The van der Waals surface area contributed by atoms with Gasteiger partial charge in [-0.15, -0.1) is 0 Å². The summed E-state index contributed by atoms with van der Waals surface area (Å²) < 4.78 is 0.949. The number of carbonyl (C=O) groups excluding carboxylic acids is 1. The molecule has 0 saturated carbocycles. The van der Waals surface area contributed by atoms with Gasteiger partial charge in [-0.2, -0.15) is 0 Å². The molecule has 19 heavy (non-hydrogen) atoms. The quantitative estimate of drug-likeness (QED) is 0.504. The Hall–Kier alpha value is -0.340. The lowest BCUT2D eigenvalue weighted by molar-refractivity contribution is -0.118. The van der Waals surface area contributed by atoms with Crippen LogP contribution >= 0.6 is 27.5 Å². The highest BCUT2D eigenvalue weighted by Gasteiger charge is 2.07. The zero-order valence-electron chi connectivity index (χ0n) is 11.6. The fraction of sp³-hybridized carbons (Fsp3) is 0.562. The molecule has 0 aliphatic heterocycles. The summed E-state index contributed by atoms with van der Waals surface area (Å²) in [5.41, 5.74) is 0.931. The van der Waals surface area contributed by atoms with Crippen molar-refractivity contribution in [3.63, 3.8) is 0 Å². The molecule has 0 N–H and O–H groups in total. The molecule has 0 unspecified atom stereocenters. The molecule has 0 aliphatic carbocycles. The van der Waals surface area contributed by atoms with Crippen LogP contribution < -0.4 is 0 Å². The molecule has 0 atom stereocenters. The third-order valence-electron chi connectivity index (χ3n) is 3.21. The van der Waals surface area contributed by atoms with E-state index in [0.29, 0.717) is 23.6 Å². The van der Waals surface area contributed by atoms with Crippen molar-refractivity contribution in [1.29, 1.82) is 0 Å². The third kappa shape index (κ3) is 7.12. The normalized spacial score (nSPS) is 10.7. The summed E-state index contributed by atoms with van der Waals surface area (Å²) in [7, 11) is 0. The number of rotatable bonds is 9. The van der Waals surface area contributed by atoms with E-state index < -0.39 is 0 Å². The van der Waals surface area contributed by atoms with Crippen molar-refractivity contribution in [1.82, 2.24) is 0 Å². The van der Waals surface area contributed by atoms with Crippen LogP contribution in [-0.4, -0.2) is 5.78 Å². The number of ketones is 1. The fourth-order valence-corrected chi connectivity index (χ4v) is 2.81. The van der Waals surface area contributed by atoms with Gasteiger partial charge in [0, 0.05) is 22.3 Å². The first-order valence-corrected chi connectivity index (χ1v) is 8.26. The van der Waals surface area contributed by atoms with E-state index in [1.165, 1.54) is 32.1 Å². The number of halogens is 2. The average Bonchev–Trinajstić information content (AvgIpc) is 2.37. The van der Waals surface area contributed by atoms with Crippen molar-refractivity contribution >= 4 is 33.3 Å². The molecule has 0 bridgehead atoms. The van der Waals surface area contributed by atoms with Gasteiger partial charge in [0.1, 0.15) is 5.78 Å². The van der Waals surface area contributed by atoms with Crippen molar-refractivity contribution < 1.29 is 4.79 Å². The first-order chi connectivity index (χ1) is 9.13. The molecule has 0 fully saturated rings. The predicted molar refractivity (Wildman–Crippen MR) is 85.9 cm³/mol. The first-order valence-electron chi connectivity index (χ1n) is 7.09. The van der Waals surface area contributed by atoms with Crippen LogP contribution in [0.4, 0.5) is 0 Å². The van der Waals surface area contributed by atoms with E-state index in [2.05, 4.69) is 22.9 Å². The van der Waals surface area contributed by atoms with Crippen LogP contribution in [0.5, 0.6) is 0 Å². The van der Waals surface area contributed by atoms with Gasteiger partial charge in [-0.3, -0.25) is 4.79 Å². The van der Waals surface area contributed by atoms with E-state index in [1.807, 2.05) is 18.2 Å². The maximum Gasteiger partial charge on any atom is 0.137 e. The maximum atomic E-state index is 11.9. The van der Waals surface area contributed by atoms with Crippen molar-refractivity contribution in [2.24, 2.45) is 0 Å². The number of hydrogen-bond donors (Lipinski definition) is 0. The summed E-state index contributed by atoms with van der Waals surface area (Å²) in [6.07, 6.45) is 8.43. The first kappa shape index (κ1) is 16.7. The number of hydrogen-bond acceptors (Lipinski definition) is 1. The van der Waals surface area contributed by atoms with E-state index in [1.54, 1.807) is 0 Å².